The lowest BCUT2D eigenvalue weighted by Crippen LogP contribution is -2.24. The monoisotopic (exact) mass is 339 g/mol. The summed E-state index contributed by atoms with van der Waals surface area (Å²) in [4.78, 5) is 12.3. The highest BCUT2D eigenvalue weighted by Crippen LogP contribution is 2.33. The van der Waals surface area contributed by atoms with E-state index in [2.05, 4.69) is 26.0 Å². The molecule has 1 amide bonds. The van der Waals surface area contributed by atoms with Crippen molar-refractivity contribution in [3.8, 4) is 0 Å². The molecule has 1 aliphatic carbocycles. The van der Waals surface area contributed by atoms with E-state index in [4.69, 9.17) is 4.52 Å². The van der Waals surface area contributed by atoms with Gasteiger partial charge in [0.1, 0.15) is 5.76 Å². The average molecular weight is 339 g/mol. The van der Waals surface area contributed by atoms with Gasteiger partial charge in [0, 0.05) is 12.1 Å². The highest BCUT2D eigenvalue weighted by Gasteiger charge is 2.24. The molecule has 0 radical (unpaired) electrons. The van der Waals surface area contributed by atoms with Gasteiger partial charge in [0.15, 0.2) is 10.2 Å². The Bertz CT molecular complexity index is 652. The fraction of sp³-hybridized carbons (Fsp3) is 0.538. The van der Waals surface area contributed by atoms with Crippen LogP contribution in [0.4, 0.5) is 10.9 Å². The standard InChI is InChI=1S/C13H17N5O2S2/c1-3-9(11(19)15-10-6-7(2)20-18-10)21-13-17-16-12(22-13)14-8-4-5-8/h6,8-9H,3-5H2,1-2H3,(H,14,16)(H,15,18,19). The van der Waals surface area contributed by atoms with Gasteiger partial charge in [0.25, 0.3) is 0 Å². The molecule has 0 bridgehead atoms. The van der Waals surface area contributed by atoms with Gasteiger partial charge in [0.2, 0.25) is 11.0 Å². The molecule has 1 unspecified atom stereocenters. The van der Waals surface area contributed by atoms with Crippen LogP contribution >= 0.6 is 23.1 Å². The van der Waals surface area contributed by atoms with E-state index in [-0.39, 0.29) is 11.2 Å². The minimum absolute atomic E-state index is 0.104. The predicted octanol–water partition coefficient (Wildman–Crippen LogP) is 2.92. The summed E-state index contributed by atoms with van der Waals surface area (Å²) in [6.45, 7) is 3.75. The van der Waals surface area contributed by atoms with Crippen LogP contribution in [0.15, 0.2) is 14.9 Å². The van der Waals surface area contributed by atoms with Gasteiger partial charge in [-0.2, -0.15) is 0 Å². The van der Waals surface area contributed by atoms with Crippen molar-refractivity contribution in [2.45, 2.75) is 48.7 Å². The number of anilines is 2. The first-order valence-electron chi connectivity index (χ1n) is 7.15. The second kappa shape index (κ2) is 6.66. The third-order valence-electron chi connectivity index (χ3n) is 3.10. The van der Waals surface area contributed by atoms with E-state index in [0.717, 1.165) is 9.47 Å². The predicted molar refractivity (Wildman–Crippen MR) is 86.4 cm³/mol. The van der Waals surface area contributed by atoms with E-state index >= 15 is 0 Å². The third kappa shape index (κ3) is 3.98. The van der Waals surface area contributed by atoms with E-state index in [0.29, 0.717) is 24.0 Å². The van der Waals surface area contributed by atoms with Crippen LogP contribution in [0, 0.1) is 6.92 Å². The zero-order valence-corrected chi connectivity index (χ0v) is 14.0. The maximum absolute atomic E-state index is 12.3. The molecular formula is C13H17N5O2S2. The Balaban J connectivity index is 1.58. The summed E-state index contributed by atoms with van der Waals surface area (Å²) in [7, 11) is 0. The topological polar surface area (TPSA) is 92.9 Å². The fourth-order valence-corrected chi connectivity index (χ4v) is 3.79. The van der Waals surface area contributed by atoms with Crippen molar-refractivity contribution in [2.75, 3.05) is 10.6 Å². The Morgan fingerprint density at radius 3 is 3.00 bits per heavy atom. The van der Waals surface area contributed by atoms with Crippen LogP contribution in [0.5, 0.6) is 0 Å². The van der Waals surface area contributed by atoms with Crippen molar-refractivity contribution in [3.05, 3.63) is 11.8 Å². The molecule has 1 aliphatic rings. The van der Waals surface area contributed by atoms with Gasteiger partial charge in [-0.1, -0.05) is 35.2 Å². The molecule has 1 fully saturated rings. The average Bonchev–Trinajstić information content (AvgIpc) is 3.04. The van der Waals surface area contributed by atoms with Gasteiger partial charge in [-0.05, 0) is 26.2 Å². The number of thioether (sulfide) groups is 1. The van der Waals surface area contributed by atoms with Crippen molar-refractivity contribution in [1.29, 1.82) is 0 Å². The van der Waals surface area contributed by atoms with Crippen LogP contribution < -0.4 is 10.6 Å². The Hall–Kier alpha value is -1.61. The number of aryl methyl sites for hydroxylation is 1. The summed E-state index contributed by atoms with van der Waals surface area (Å²) in [5.41, 5.74) is 0. The molecule has 1 saturated carbocycles. The second-order valence-electron chi connectivity index (χ2n) is 5.12. The number of carbonyl (C=O) groups is 1. The smallest absolute Gasteiger partial charge is 0.239 e. The molecule has 0 aromatic carbocycles. The summed E-state index contributed by atoms with van der Waals surface area (Å²) in [5.74, 6) is 0.999. The Labute approximate surface area is 136 Å². The molecule has 2 heterocycles. The molecule has 2 N–H and O–H groups in total. The van der Waals surface area contributed by atoms with Crippen LogP contribution in [0.1, 0.15) is 31.9 Å². The van der Waals surface area contributed by atoms with Gasteiger partial charge in [0.05, 0.1) is 5.25 Å². The molecule has 118 valence electrons. The SMILES string of the molecule is CCC(Sc1nnc(NC2CC2)s1)C(=O)Nc1cc(C)on1. The largest absolute Gasteiger partial charge is 0.360 e. The zero-order chi connectivity index (χ0) is 15.5. The van der Waals surface area contributed by atoms with E-state index in [1.54, 1.807) is 13.0 Å². The van der Waals surface area contributed by atoms with Crippen LogP contribution in [-0.4, -0.2) is 32.6 Å². The van der Waals surface area contributed by atoms with Crippen molar-refractivity contribution in [2.24, 2.45) is 0 Å². The third-order valence-corrected chi connectivity index (χ3v) is 5.40. The summed E-state index contributed by atoms with van der Waals surface area (Å²) < 4.78 is 5.74. The molecule has 3 rings (SSSR count). The summed E-state index contributed by atoms with van der Waals surface area (Å²) in [5, 5.41) is 18.7. The fourth-order valence-electron chi connectivity index (χ4n) is 1.79. The van der Waals surface area contributed by atoms with Gasteiger partial charge >= 0.3 is 0 Å². The first kappa shape index (κ1) is 15.3. The van der Waals surface area contributed by atoms with E-state index in [9.17, 15) is 4.79 Å². The summed E-state index contributed by atoms with van der Waals surface area (Å²) in [6.07, 6.45) is 3.08. The molecule has 7 nitrogen and oxygen atoms in total. The number of aromatic nitrogens is 3. The molecule has 0 spiro atoms. The number of hydrogen-bond donors (Lipinski definition) is 2. The maximum atomic E-state index is 12.3. The number of carbonyl (C=O) groups excluding carboxylic acids is 1. The Morgan fingerprint density at radius 2 is 2.36 bits per heavy atom. The van der Waals surface area contributed by atoms with Crippen LogP contribution in [0.2, 0.25) is 0 Å². The molecule has 22 heavy (non-hydrogen) atoms. The Kier molecular flexibility index (Phi) is 4.63. The minimum Gasteiger partial charge on any atom is -0.360 e. The van der Waals surface area contributed by atoms with Gasteiger partial charge < -0.3 is 15.2 Å². The van der Waals surface area contributed by atoms with Gasteiger partial charge in [-0.25, -0.2) is 0 Å². The molecule has 1 atom stereocenters. The lowest BCUT2D eigenvalue weighted by Gasteiger charge is -2.10. The molecule has 9 heteroatoms. The van der Waals surface area contributed by atoms with Gasteiger partial charge in [-0.3, -0.25) is 4.79 Å². The lowest BCUT2D eigenvalue weighted by atomic mass is 10.3. The summed E-state index contributed by atoms with van der Waals surface area (Å²) >= 11 is 2.91. The number of hydrogen-bond acceptors (Lipinski definition) is 8. The van der Waals surface area contributed by atoms with Crippen molar-refractivity contribution >= 4 is 40.0 Å². The quantitative estimate of drug-likeness (QED) is 0.749. The van der Waals surface area contributed by atoms with E-state index in [1.165, 1.54) is 35.9 Å². The minimum atomic E-state index is -0.237. The lowest BCUT2D eigenvalue weighted by molar-refractivity contribution is -0.115. The molecule has 0 saturated heterocycles. The second-order valence-corrected chi connectivity index (χ2v) is 7.55. The number of rotatable bonds is 7. The molecule has 2 aromatic heterocycles. The van der Waals surface area contributed by atoms with E-state index < -0.39 is 0 Å². The first-order valence-corrected chi connectivity index (χ1v) is 8.84. The van der Waals surface area contributed by atoms with E-state index in [1.807, 2.05) is 6.92 Å². The normalized spacial score (nSPS) is 15.5. The van der Waals surface area contributed by atoms with Crippen LogP contribution in [0.25, 0.3) is 0 Å². The van der Waals surface area contributed by atoms with Gasteiger partial charge in [-0.15, -0.1) is 10.2 Å². The molecule has 2 aromatic rings. The van der Waals surface area contributed by atoms with Crippen molar-refractivity contribution < 1.29 is 9.32 Å². The van der Waals surface area contributed by atoms with Crippen LogP contribution in [0.3, 0.4) is 0 Å². The number of amides is 1. The number of nitrogens with zero attached hydrogens (tertiary/aromatic N) is 3. The highest BCUT2D eigenvalue weighted by molar-refractivity contribution is 8.02. The van der Waals surface area contributed by atoms with Crippen molar-refractivity contribution in [3.63, 3.8) is 0 Å². The molecule has 0 aliphatic heterocycles. The first-order chi connectivity index (χ1) is 10.6. The van der Waals surface area contributed by atoms with Crippen LogP contribution in [-0.2, 0) is 4.79 Å². The highest BCUT2D eigenvalue weighted by atomic mass is 32.2. The molecular weight excluding hydrogens is 322 g/mol. The number of nitrogens with one attached hydrogen (secondary N) is 2. The summed E-state index contributed by atoms with van der Waals surface area (Å²) in [6, 6.07) is 2.24. The zero-order valence-electron chi connectivity index (χ0n) is 12.3. The Morgan fingerprint density at radius 1 is 1.55 bits per heavy atom. The van der Waals surface area contributed by atoms with Crippen molar-refractivity contribution in [1.82, 2.24) is 15.4 Å². The maximum Gasteiger partial charge on any atom is 0.239 e.